The number of amides is 1. The maximum absolute atomic E-state index is 12.8. The number of rotatable bonds is 7. The first-order chi connectivity index (χ1) is 14.2. The normalized spacial score (nSPS) is 12.1. The van der Waals surface area contributed by atoms with Gasteiger partial charge in [-0.1, -0.05) is 25.4 Å². The molecule has 0 spiro atoms. The molecule has 8 nitrogen and oxygen atoms in total. The number of hydrogen-bond acceptors (Lipinski definition) is 5. The van der Waals surface area contributed by atoms with Gasteiger partial charge in [-0.3, -0.25) is 4.79 Å². The van der Waals surface area contributed by atoms with Crippen LogP contribution in [-0.4, -0.2) is 46.5 Å². The number of carbonyl (C=O) groups is 1. The maximum atomic E-state index is 12.8. The Balaban J connectivity index is 1.91. The molecule has 1 aromatic carbocycles. The van der Waals surface area contributed by atoms with Crippen molar-refractivity contribution in [1.29, 1.82) is 0 Å². The van der Waals surface area contributed by atoms with Gasteiger partial charge in [0.2, 0.25) is 10.0 Å². The van der Waals surface area contributed by atoms with Crippen molar-refractivity contribution in [2.24, 2.45) is 0 Å². The summed E-state index contributed by atoms with van der Waals surface area (Å²) in [4.78, 5) is 17.2. The van der Waals surface area contributed by atoms with Crippen LogP contribution < -0.4 is 5.32 Å². The number of anilines is 1. The van der Waals surface area contributed by atoms with Crippen molar-refractivity contribution in [3.63, 3.8) is 0 Å². The number of benzene rings is 1. The zero-order valence-electron chi connectivity index (χ0n) is 17.3. The lowest BCUT2D eigenvalue weighted by Crippen LogP contribution is -2.30. The highest BCUT2D eigenvalue weighted by molar-refractivity contribution is 7.89. The van der Waals surface area contributed by atoms with E-state index in [-0.39, 0.29) is 21.5 Å². The minimum Gasteiger partial charge on any atom is -0.321 e. The minimum atomic E-state index is -3.71. The smallest absolute Gasteiger partial charge is 0.257 e. The number of carbonyl (C=O) groups excluding carboxylic acids is 1. The molecule has 0 aliphatic rings. The summed E-state index contributed by atoms with van der Waals surface area (Å²) in [7, 11) is -3.71. The predicted molar refractivity (Wildman–Crippen MR) is 117 cm³/mol. The van der Waals surface area contributed by atoms with E-state index in [1.807, 2.05) is 13.8 Å². The van der Waals surface area contributed by atoms with E-state index in [1.54, 1.807) is 30.8 Å². The number of sulfonamides is 1. The van der Waals surface area contributed by atoms with E-state index < -0.39 is 15.9 Å². The fourth-order valence-electron chi connectivity index (χ4n) is 3.14. The Hall–Kier alpha value is -2.49. The fourth-order valence-corrected chi connectivity index (χ4v) is 4.82. The molecule has 0 radical (unpaired) electrons. The highest BCUT2D eigenvalue weighted by Gasteiger charge is 2.24. The van der Waals surface area contributed by atoms with Gasteiger partial charge < -0.3 is 5.32 Å². The van der Waals surface area contributed by atoms with Crippen LogP contribution in [0.1, 0.15) is 44.1 Å². The highest BCUT2D eigenvalue weighted by atomic mass is 35.5. The molecule has 0 saturated carbocycles. The monoisotopic (exact) mass is 449 g/mol. The maximum Gasteiger partial charge on any atom is 0.257 e. The Bertz CT molecular complexity index is 1190. The van der Waals surface area contributed by atoms with Crippen LogP contribution in [0.15, 0.2) is 41.6 Å². The molecule has 0 atom stereocenters. The standard InChI is InChI=1S/C20H24ClN5O3S/c1-5-25(6-2)30(28,29)16-7-8-18(21)17(10-16)20(27)24-15-9-14-11-23-26(13(3)4)19(14)22-12-15/h7-13H,5-6H2,1-4H3,(H,24,27). The number of nitrogens with zero attached hydrogens (tertiary/aromatic N) is 4. The molecule has 2 aromatic heterocycles. The van der Waals surface area contributed by atoms with Gasteiger partial charge in [0.1, 0.15) is 0 Å². The molecule has 30 heavy (non-hydrogen) atoms. The van der Waals surface area contributed by atoms with Crippen molar-refractivity contribution in [2.75, 3.05) is 18.4 Å². The van der Waals surface area contributed by atoms with Crippen LogP contribution in [-0.2, 0) is 10.0 Å². The summed E-state index contributed by atoms with van der Waals surface area (Å²) in [5.41, 5.74) is 1.25. The van der Waals surface area contributed by atoms with Crippen molar-refractivity contribution in [3.8, 4) is 0 Å². The predicted octanol–water partition coefficient (Wildman–Crippen LogP) is 3.95. The molecule has 0 aliphatic carbocycles. The molecule has 3 aromatic rings. The van der Waals surface area contributed by atoms with Gasteiger partial charge in [-0.25, -0.2) is 18.1 Å². The molecule has 2 heterocycles. The van der Waals surface area contributed by atoms with Crippen molar-refractivity contribution < 1.29 is 13.2 Å². The van der Waals surface area contributed by atoms with Crippen LogP contribution in [0.4, 0.5) is 5.69 Å². The van der Waals surface area contributed by atoms with E-state index in [1.165, 1.54) is 28.7 Å². The molecule has 0 bridgehead atoms. The average Bonchev–Trinajstić information content (AvgIpc) is 3.12. The summed E-state index contributed by atoms with van der Waals surface area (Å²) in [5.74, 6) is -0.519. The first-order valence-corrected chi connectivity index (χ1v) is 11.4. The molecule has 10 heteroatoms. The Morgan fingerprint density at radius 3 is 2.53 bits per heavy atom. The number of hydrogen-bond donors (Lipinski definition) is 1. The van der Waals surface area contributed by atoms with Crippen LogP contribution in [0.25, 0.3) is 11.0 Å². The van der Waals surface area contributed by atoms with Crippen LogP contribution in [0, 0.1) is 0 Å². The van der Waals surface area contributed by atoms with Crippen LogP contribution in [0.3, 0.4) is 0 Å². The zero-order chi connectivity index (χ0) is 22.1. The first kappa shape index (κ1) is 22.2. The molecule has 3 rings (SSSR count). The summed E-state index contributed by atoms with van der Waals surface area (Å²) in [6.45, 7) is 8.19. The summed E-state index contributed by atoms with van der Waals surface area (Å²) < 4.78 is 28.7. The van der Waals surface area contributed by atoms with Crippen molar-refractivity contribution in [1.82, 2.24) is 19.1 Å². The van der Waals surface area contributed by atoms with Gasteiger partial charge in [0, 0.05) is 24.5 Å². The van der Waals surface area contributed by atoms with Gasteiger partial charge in [-0.05, 0) is 38.1 Å². The molecule has 0 fully saturated rings. The number of nitrogens with one attached hydrogen (secondary N) is 1. The third-order valence-corrected chi connectivity index (χ3v) is 7.08. The van der Waals surface area contributed by atoms with Crippen LogP contribution in [0.5, 0.6) is 0 Å². The number of pyridine rings is 1. The average molecular weight is 450 g/mol. The molecule has 160 valence electrons. The van der Waals surface area contributed by atoms with E-state index in [4.69, 9.17) is 11.6 Å². The van der Waals surface area contributed by atoms with E-state index >= 15 is 0 Å². The van der Waals surface area contributed by atoms with E-state index in [0.29, 0.717) is 24.4 Å². The van der Waals surface area contributed by atoms with Gasteiger partial charge >= 0.3 is 0 Å². The Kier molecular flexibility index (Phi) is 6.44. The number of halogens is 1. The Morgan fingerprint density at radius 2 is 1.90 bits per heavy atom. The second-order valence-corrected chi connectivity index (χ2v) is 9.35. The van der Waals surface area contributed by atoms with Gasteiger partial charge in [0.15, 0.2) is 5.65 Å². The van der Waals surface area contributed by atoms with E-state index in [0.717, 1.165) is 5.39 Å². The van der Waals surface area contributed by atoms with Gasteiger partial charge in [-0.2, -0.15) is 9.40 Å². The molecule has 1 N–H and O–H groups in total. The Morgan fingerprint density at radius 1 is 1.20 bits per heavy atom. The highest BCUT2D eigenvalue weighted by Crippen LogP contribution is 2.25. The van der Waals surface area contributed by atoms with Crippen LogP contribution >= 0.6 is 11.6 Å². The van der Waals surface area contributed by atoms with Gasteiger partial charge in [0.05, 0.1) is 33.6 Å². The van der Waals surface area contributed by atoms with Crippen LogP contribution in [0.2, 0.25) is 5.02 Å². The second-order valence-electron chi connectivity index (χ2n) is 7.00. The SMILES string of the molecule is CCN(CC)S(=O)(=O)c1ccc(Cl)c(C(=O)Nc2cnc3c(cnn3C(C)C)c2)c1. The Labute approximate surface area is 180 Å². The lowest BCUT2D eigenvalue weighted by Gasteiger charge is -2.19. The van der Waals surface area contributed by atoms with Gasteiger partial charge in [-0.15, -0.1) is 0 Å². The topological polar surface area (TPSA) is 97.2 Å². The summed E-state index contributed by atoms with van der Waals surface area (Å²) in [6, 6.07) is 6.04. The minimum absolute atomic E-state index is 0.0209. The second kappa shape index (κ2) is 8.71. The largest absolute Gasteiger partial charge is 0.321 e. The summed E-state index contributed by atoms with van der Waals surface area (Å²) >= 11 is 6.19. The third-order valence-electron chi connectivity index (χ3n) is 4.71. The lowest BCUT2D eigenvalue weighted by molar-refractivity contribution is 0.102. The van der Waals surface area contributed by atoms with Crippen molar-refractivity contribution in [2.45, 2.75) is 38.6 Å². The zero-order valence-corrected chi connectivity index (χ0v) is 18.8. The quantitative estimate of drug-likeness (QED) is 0.589. The molecule has 0 unspecified atom stereocenters. The van der Waals surface area contributed by atoms with Crippen molar-refractivity contribution in [3.05, 3.63) is 47.2 Å². The molecule has 1 amide bonds. The molecular weight excluding hydrogens is 426 g/mol. The summed E-state index contributed by atoms with van der Waals surface area (Å²) in [6.07, 6.45) is 3.22. The first-order valence-electron chi connectivity index (χ1n) is 9.63. The summed E-state index contributed by atoms with van der Waals surface area (Å²) in [5, 5.41) is 7.98. The van der Waals surface area contributed by atoms with Gasteiger partial charge in [0.25, 0.3) is 5.91 Å². The molecular formula is C20H24ClN5O3S. The lowest BCUT2D eigenvalue weighted by atomic mass is 10.2. The number of fused-ring (bicyclic) bond motifs is 1. The molecule has 0 saturated heterocycles. The van der Waals surface area contributed by atoms with Crippen molar-refractivity contribution >= 4 is 44.3 Å². The van der Waals surface area contributed by atoms with E-state index in [9.17, 15) is 13.2 Å². The molecule has 0 aliphatic heterocycles. The third kappa shape index (κ3) is 4.19. The van der Waals surface area contributed by atoms with E-state index in [2.05, 4.69) is 15.4 Å². The number of aromatic nitrogens is 3. The fraction of sp³-hybridized carbons (Fsp3) is 0.350.